The minimum absolute atomic E-state index is 0.289. The third kappa shape index (κ3) is 4.74. The maximum absolute atomic E-state index is 11.5. The van der Waals surface area contributed by atoms with Crippen LogP contribution < -0.4 is 4.74 Å². The standard InChI is InChI=1S/C14H11Cl2NO3S/c1-9(13-3-2-6-21-13)17-20-14(18)8-19-12-5-4-10(15)7-11(12)16/h2-7H,8H2,1H3/b17-9-. The molecule has 0 saturated heterocycles. The molecule has 0 aliphatic rings. The molecule has 7 heteroatoms. The number of oxime groups is 1. The molecule has 2 aromatic rings. The number of thiophene rings is 1. The highest BCUT2D eigenvalue weighted by atomic mass is 35.5. The van der Waals surface area contributed by atoms with Gasteiger partial charge in [0.2, 0.25) is 0 Å². The zero-order valence-electron chi connectivity index (χ0n) is 11.0. The number of benzene rings is 1. The normalized spacial score (nSPS) is 11.3. The van der Waals surface area contributed by atoms with Gasteiger partial charge in [-0.2, -0.15) is 0 Å². The maximum atomic E-state index is 11.5. The molecule has 0 unspecified atom stereocenters. The van der Waals surface area contributed by atoms with Crippen molar-refractivity contribution in [1.82, 2.24) is 0 Å². The molecule has 1 aromatic heterocycles. The molecule has 0 amide bonds. The average Bonchev–Trinajstić information content (AvgIpc) is 2.98. The van der Waals surface area contributed by atoms with Crippen LogP contribution in [-0.4, -0.2) is 18.3 Å². The van der Waals surface area contributed by atoms with E-state index in [0.717, 1.165) is 4.88 Å². The SMILES string of the molecule is C/C(=N/OC(=O)COc1ccc(Cl)cc1Cl)c1cccs1. The molecule has 0 fully saturated rings. The first-order chi connectivity index (χ1) is 10.1. The van der Waals surface area contributed by atoms with Crippen LogP contribution >= 0.6 is 34.5 Å². The van der Waals surface area contributed by atoms with E-state index in [1.54, 1.807) is 19.1 Å². The van der Waals surface area contributed by atoms with Crippen LogP contribution in [0.4, 0.5) is 0 Å². The van der Waals surface area contributed by atoms with E-state index in [1.165, 1.54) is 17.4 Å². The molecular weight excluding hydrogens is 333 g/mol. The van der Waals surface area contributed by atoms with E-state index in [-0.39, 0.29) is 6.61 Å². The molecule has 0 aliphatic heterocycles. The van der Waals surface area contributed by atoms with E-state index >= 15 is 0 Å². The largest absolute Gasteiger partial charge is 0.480 e. The Bertz CT molecular complexity index is 656. The van der Waals surface area contributed by atoms with Crippen molar-refractivity contribution in [3.63, 3.8) is 0 Å². The number of carbonyl (C=O) groups is 1. The Morgan fingerprint density at radius 3 is 2.81 bits per heavy atom. The van der Waals surface area contributed by atoms with Crippen molar-refractivity contribution in [1.29, 1.82) is 0 Å². The molecule has 1 aromatic carbocycles. The molecule has 0 bridgehead atoms. The average molecular weight is 344 g/mol. The first kappa shape index (κ1) is 15.8. The van der Waals surface area contributed by atoms with Crippen molar-refractivity contribution < 1.29 is 14.4 Å². The molecule has 0 radical (unpaired) electrons. The molecule has 0 spiro atoms. The number of hydrogen-bond donors (Lipinski definition) is 0. The third-order valence-electron chi connectivity index (χ3n) is 2.40. The minimum atomic E-state index is -0.614. The third-order valence-corrected chi connectivity index (χ3v) is 3.91. The van der Waals surface area contributed by atoms with Crippen molar-refractivity contribution in [2.24, 2.45) is 5.16 Å². The van der Waals surface area contributed by atoms with Gasteiger partial charge in [0.25, 0.3) is 0 Å². The Morgan fingerprint density at radius 2 is 2.14 bits per heavy atom. The summed E-state index contributed by atoms with van der Waals surface area (Å²) in [5.74, 6) is -0.256. The lowest BCUT2D eigenvalue weighted by Gasteiger charge is -2.06. The van der Waals surface area contributed by atoms with Gasteiger partial charge in [0.15, 0.2) is 6.61 Å². The summed E-state index contributed by atoms with van der Waals surface area (Å²) < 4.78 is 5.24. The summed E-state index contributed by atoms with van der Waals surface area (Å²) >= 11 is 13.2. The van der Waals surface area contributed by atoms with E-state index in [2.05, 4.69) is 5.16 Å². The summed E-state index contributed by atoms with van der Waals surface area (Å²) in [6, 6.07) is 8.52. The van der Waals surface area contributed by atoms with Gasteiger partial charge in [-0.05, 0) is 36.6 Å². The highest BCUT2D eigenvalue weighted by molar-refractivity contribution is 7.12. The predicted molar refractivity (Wildman–Crippen MR) is 84.6 cm³/mol. The van der Waals surface area contributed by atoms with E-state index in [4.69, 9.17) is 32.8 Å². The van der Waals surface area contributed by atoms with Crippen molar-refractivity contribution in [3.05, 3.63) is 50.6 Å². The summed E-state index contributed by atoms with van der Waals surface area (Å²) in [6.07, 6.45) is 0. The molecular formula is C14H11Cl2NO3S. The Kier molecular flexibility index (Phi) is 5.61. The second-order valence-electron chi connectivity index (χ2n) is 3.98. The lowest BCUT2D eigenvalue weighted by molar-refractivity contribution is -0.146. The fraction of sp³-hybridized carbons (Fsp3) is 0.143. The molecule has 0 aliphatic carbocycles. The van der Waals surface area contributed by atoms with Gasteiger partial charge >= 0.3 is 5.97 Å². The number of nitrogens with zero attached hydrogens (tertiary/aromatic N) is 1. The fourth-order valence-electron chi connectivity index (χ4n) is 1.40. The molecule has 21 heavy (non-hydrogen) atoms. The molecule has 2 rings (SSSR count). The minimum Gasteiger partial charge on any atom is -0.480 e. The number of halogens is 2. The van der Waals surface area contributed by atoms with Crippen LogP contribution in [-0.2, 0) is 9.63 Å². The number of carbonyl (C=O) groups excluding carboxylic acids is 1. The van der Waals surface area contributed by atoms with E-state index in [9.17, 15) is 4.79 Å². The van der Waals surface area contributed by atoms with E-state index < -0.39 is 5.97 Å². The van der Waals surface area contributed by atoms with Gasteiger partial charge in [0.1, 0.15) is 5.75 Å². The molecule has 0 saturated carbocycles. The lowest BCUT2D eigenvalue weighted by Crippen LogP contribution is -2.13. The van der Waals surface area contributed by atoms with Crippen LogP contribution in [0.2, 0.25) is 10.0 Å². The van der Waals surface area contributed by atoms with Crippen LogP contribution in [0.5, 0.6) is 5.75 Å². The Labute approximate surface area is 135 Å². The smallest absolute Gasteiger partial charge is 0.372 e. The highest BCUT2D eigenvalue weighted by Crippen LogP contribution is 2.27. The quantitative estimate of drug-likeness (QED) is 0.459. The van der Waals surface area contributed by atoms with E-state index in [0.29, 0.717) is 21.5 Å². The van der Waals surface area contributed by atoms with Crippen LogP contribution in [0.15, 0.2) is 40.9 Å². The van der Waals surface area contributed by atoms with Gasteiger partial charge in [-0.3, -0.25) is 0 Å². The summed E-state index contributed by atoms with van der Waals surface area (Å²) in [6.45, 7) is 1.47. The van der Waals surface area contributed by atoms with Crippen molar-refractivity contribution in [3.8, 4) is 5.75 Å². The monoisotopic (exact) mass is 343 g/mol. The first-order valence-corrected chi connectivity index (χ1v) is 7.56. The fourth-order valence-corrected chi connectivity index (χ4v) is 2.54. The molecule has 0 atom stereocenters. The molecule has 1 heterocycles. The second kappa shape index (κ2) is 7.45. The zero-order valence-corrected chi connectivity index (χ0v) is 13.3. The first-order valence-electron chi connectivity index (χ1n) is 5.92. The van der Waals surface area contributed by atoms with Gasteiger partial charge in [-0.25, -0.2) is 4.79 Å². The predicted octanol–water partition coefficient (Wildman–Crippen LogP) is 4.40. The van der Waals surface area contributed by atoms with Crippen LogP contribution in [0.1, 0.15) is 11.8 Å². The summed E-state index contributed by atoms with van der Waals surface area (Å²) in [5.41, 5.74) is 0.628. The van der Waals surface area contributed by atoms with Crippen molar-refractivity contribution in [2.45, 2.75) is 6.92 Å². The van der Waals surface area contributed by atoms with Crippen LogP contribution in [0, 0.1) is 0 Å². The van der Waals surface area contributed by atoms with Gasteiger partial charge in [0.05, 0.1) is 15.6 Å². The van der Waals surface area contributed by atoms with Crippen molar-refractivity contribution in [2.75, 3.05) is 6.61 Å². The Morgan fingerprint density at radius 1 is 1.33 bits per heavy atom. The maximum Gasteiger partial charge on any atom is 0.372 e. The van der Waals surface area contributed by atoms with Gasteiger partial charge in [-0.15, -0.1) is 11.3 Å². The topological polar surface area (TPSA) is 47.9 Å². The van der Waals surface area contributed by atoms with Crippen LogP contribution in [0.3, 0.4) is 0 Å². The van der Waals surface area contributed by atoms with Gasteiger partial charge in [-0.1, -0.05) is 34.4 Å². The van der Waals surface area contributed by atoms with Gasteiger partial charge < -0.3 is 9.57 Å². The summed E-state index contributed by atoms with van der Waals surface area (Å²) in [5, 5.41) is 6.50. The van der Waals surface area contributed by atoms with Crippen LogP contribution in [0.25, 0.3) is 0 Å². The Balaban J connectivity index is 1.86. The molecule has 4 nitrogen and oxygen atoms in total. The molecule has 110 valence electrons. The zero-order chi connectivity index (χ0) is 15.2. The number of ether oxygens (including phenoxy) is 1. The van der Waals surface area contributed by atoms with Gasteiger partial charge in [0, 0.05) is 5.02 Å². The summed E-state index contributed by atoms with van der Waals surface area (Å²) in [7, 11) is 0. The second-order valence-corrected chi connectivity index (χ2v) is 5.77. The number of rotatable bonds is 5. The Hall–Kier alpha value is -1.56. The molecule has 0 N–H and O–H groups in total. The number of hydrogen-bond acceptors (Lipinski definition) is 5. The van der Waals surface area contributed by atoms with Crippen molar-refractivity contribution >= 4 is 46.2 Å². The highest BCUT2D eigenvalue weighted by Gasteiger charge is 2.08. The van der Waals surface area contributed by atoms with E-state index in [1.807, 2.05) is 17.5 Å². The lowest BCUT2D eigenvalue weighted by atomic mass is 10.3. The summed E-state index contributed by atoms with van der Waals surface area (Å²) in [4.78, 5) is 17.3.